The van der Waals surface area contributed by atoms with E-state index in [0.717, 1.165) is 19.5 Å². The zero-order chi connectivity index (χ0) is 9.68. The summed E-state index contributed by atoms with van der Waals surface area (Å²) in [6.45, 7) is 3.54. The van der Waals surface area contributed by atoms with Crippen LogP contribution >= 0.6 is 0 Å². The number of aliphatic hydroxyl groups is 1. The van der Waals surface area contributed by atoms with E-state index in [9.17, 15) is 0 Å². The summed E-state index contributed by atoms with van der Waals surface area (Å²) in [5, 5.41) is 12.3. The lowest BCUT2D eigenvalue weighted by atomic mass is 10.3. The van der Waals surface area contributed by atoms with Gasteiger partial charge in [0.2, 0.25) is 0 Å². The third-order valence-electron chi connectivity index (χ3n) is 2.10. The Hall–Kier alpha value is -0.800. The monoisotopic (exact) mass is 182 g/mol. The van der Waals surface area contributed by atoms with Crippen LogP contribution in [-0.2, 0) is 13.6 Å². The maximum atomic E-state index is 9.02. The topological polar surface area (TPSA) is 37.2 Å². The van der Waals surface area contributed by atoms with Gasteiger partial charge in [-0.15, -0.1) is 0 Å². The molecule has 1 heterocycles. The Kier molecular flexibility index (Phi) is 3.99. The second kappa shape index (κ2) is 5.04. The van der Waals surface area contributed by atoms with E-state index < -0.39 is 0 Å². The van der Waals surface area contributed by atoms with Gasteiger partial charge in [-0.3, -0.25) is 0 Å². The van der Waals surface area contributed by atoms with Crippen molar-refractivity contribution in [1.29, 1.82) is 0 Å². The Balaban J connectivity index is 2.17. The number of aryl methyl sites for hydroxylation is 1. The number of hydrogen-bond donors (Lipinski definition) is 2. The molecule has 0 aliphatic rings. The molecule has 0 radical (unpaired) electrons. The first-order valence-corrected chi connectivity index (χ1v) is 4.69. The van der Waals surface area contributed by atoms with Crippen LogP contribution in [0.15, 0.2) is 18.3 Å². The van der Waals surface area contributed by atoms with Crippen LogP contribution in [0.25, 0.3) is 0 Å². The fourth-order valence-corrected chi connectivity index (χ4v) is 1.21. The van der Waals surface area contributed by atoms with Gasteiger partial charge in [0.15, 0.2) is 0 Å². The minimum Gasteiger partial charge on any atom is -0.393 e. The molecule has 0 amide bonds. The molecule has 0 aliphatic heterocycles. The van der Waals surface area contributed by atoms with Crippen molar-refractivity contribution >= 4 is 0 Å². The van der Waals surface area contributed by atoms with Crippen LogP contribution in [0.1, 0.15) is 19.0 Å². The summed E-state index contributed by atoms with van der Waals surface area (Å²) in [7, 11) is 2.03. The highest BCUT2D eigenvalue weighted by molar-refractivity contribution is 5.05. The van der Waals surface area contributed by atoms with E-state index in [2.05, 4.69) is 16.0 Å². The molecule has 3 nitrogen and oxygen atoms in total. The molecule has 74 valence electrons. The minimum atomic E-state index is -0.207. The molecule has 0 aromatic carbocycles. The van der Waals surface area contributed by atoms with E-state index in [-0.39, 0.29) is 6.10 Å². The molecule has 0 aliphatic carbocycles. The van der Waals surface area contributed by atoms with Crippen LogP contribution < -0.4 is 5.32 Å². The van der Waals surface area contributed by atoms with Gasteiger partial charge in [-0.25, -0.2) is 0 Å². The highest BCUT2D eigenvalue weighted by Crippen LogP contribution is 1.98. The van der Waals surface area contributed by atoms with Gasteiger partial charge in [0, 0.05) is 25.5 Å². The van der Waals surface area contributed by atoms with Crippen molar-refractivity contribution < 1.29 is 5.11 Å². The van der Waals surface area contributed by atoms with Crippen molar-refractivity contribution in [1.82, 2.24) is 9.88 Å². The van der Waals surface area contributed by atoms with Crippen molar-refractivity contribution in [3.63, 3.8) is 0 Å². The normalized spacial score (nSPS) is 13.2. The minimum absolute atomic E-state index is 0.207. The first-order chi connectivity index (χ1) is 6.20. The lowest BCUT2D eigenvalue weighted by Gasteiger charge is -2.07. The Morgan fingerprint density at radius 2 is 2.38 bits per heavy atom. The van der Waals surface area contributed by atoms with Crippen molar-refractivity contribution in [2.45, 2.75) is 26.0 Å². The number of nitrogens with one attached hydrogen (secondary N) is 1. The molecular formula is C10H18N2O. The predicted octanol–water partition coefficient (Wildman–Crippen LogP) is 0.886. The molecular weight excluding hydrogens is 164 g/mol. The van der Waals surface area contributed by atoms with Crippen molar-refractivity contribution in [2.75, 3.05) is 6.54 Å². The zero-order valence-electron chi connectivity index (χ0n) is 8.33. The van der Waals surface area contributed by atoms with Crippen LogP contribution in [0.4, 0.5) is 0 Å². The third-order valence-corrected chi connectivity index (χ3v) is 2.10. The molecule has 1 atom stereocenters. The third kappa shape index (κ3) is 3.61. The van der Waals surface area contributed by atoms with Gasteiger partial charge in [0.25, 0.3) is 0 Å². The van der Waals surface area contributed by atoms with E-state index in [1.165, 1.54) is 5.69 Å². The largest absolute Gasteiger partial charge is 0.393 e. The molecule has 2 N–H and O–H groups in total. The van der Waals surface area contributed by atoms with Crippen LogP contribution in [0.5, 0.6) is 0 Å². The van der Waals surface area contributed by atoms with Crippen molar-refractivity contribution in [3.8, 4) is 0 Å². The summed E-state index contributed by atoms with van der Waals surface area (Å²) in [6.07, 6.45) is 2.64. The molecule has 0 bridgehead atoms. The highest BCUT2D eigenvalue weighted by Gasteiger charge is 1.97. The second-order valence-electron chi connectivity index (χ2n) is 3.42. The molecule has 0 spiro atoms. The first kappa shape index (κ1) is 10.3. The van der Waals surface area contributed by atoms with E-state index >= 15 is 0 Å². The van der Waals surface area contributed by atoms with Gasteiger partial charge in [-0.1, -0.05) is 0 Å². The number of nitrogens with zero attached hydrogens (tertiary/aromatic N) is 1. The molecule has 3 heteroatoms. The van der Waals surface area contributed by atoms with E-state index in [4.69, 9.17) is 5.11 Å². The SMILES string of the molecule is CC(O)CCNCc1cccn1C. The highest BCUT2D eigenvalue weighted by atomic mass is 16.3. The Morgan fingerprint density at radius 1 is 1.62 bits per heavy atom. The summed E-state index contributed by atoms with van der Waals surface area (Å²) < 4.78 is 2.09. The summed E-state index contributed by atoms with van der Waals surface area (Å²) in [5.41, 5.74) is 1.27. The second-order valence-corrected chi connectivity index (χ2v) is 3.42. The smallest absolute Gasteiger partial charge is 0.0524 e. The van der Waals surface area contributed by atoms with Crippen molar-refractivity contribution in [2.24, 2.45) is 7.05 Å². The fourth-order valence-electron chi connectivity index (χ4n) is 1.21. The number of hydrogen-bond acceptors (Lipinski definition) is 2. The van der Waals surface area contributed by atoms with Crippen LogP contribution in [0.2, 0.25) is 0 Å². The number of aliphatic hydroxyl groups excluding tert-OH is 1. The summed E-state index contributed by atoms with van der Waals surface area (Å²) >= 11 is 0. The van der Waals surface area contributed by atoms with Gasteiger partial charge in [0.05, 0.1) is 6.10 Å². The molecule has 0 saturated heterocycles. The number of aromatic nitrogens is 1. The van der Waals surface area contributed by atoms with E-state index in [1.54, 1.807) is 0 Å². The molecule has 1 rings (SSSR count). The van der Waals surface area contributed by atoms with Gasteiger partial charge >= 0.3 is 0 Å². The molecule has 0 saturated carbocycles. The Morgan fingerprint density at radius 3 is 2.92 bits per heavy atom. The molecule has 1 unspecified atom stereocenters. The van der Waals surface area contributed by atoms with Crippen molar-refractivity contribution in [3.05, 3.63) is 24.0 Å². The van der Waals surface area contributed by atoms with Gasteiger partial charge in [-0.05, 0) is 32.0 Å². The average Bonchev–Trinajstić information content (AvgIpc) is 2.45. The quantitative estimate of drug-likeness (QED) is 0.663. The molecule has 13 heavy (non-hydrogen) atoms. The van der Waals surface area contributed by atoms with Gasteiger partial charge < -0.3 is 15.0 Å². The molecule has 1 aromatic heterocycles. The molecule has 1 aromatic rings. The lowest BCUT2D eigenvalue weighted by Crippen LogP contribution is -2.19. The predicted molar refractivity (Wildman–Crippen MR) is 53.4 cm³/mol. The summed E-state index contributed by atoms with van der Waals surface area (Å²) in [5.74, 6) is 0. The standard InChI is InChI=1S/C10H18N2O/c1-9(13)5-6-11-8-10-4-3-7-12(10)2/h3-4,7,9,11,13H,5-6,8H2,1-2H3. The van der Waals surface area contributed by atoms with Crippen LogP contribution in [0, 0.1) is 0 Å². The Bertz CT molecular complexity index is 243. The Labute approximate surface area is 79.4 Å². The lowest BCUT2D eigenvalue weighted by molar-refractivity contribution is 0.183. The summed E-state index contributed by atoms with van der Waals surface area (Å²) in [6, 6.07) is 4.13. The number of rotatable bonds is 5. The average molecular weight is 182 g/mol. The maximum absolute atomic E-state index is 9.02. The van der Waals surface area contributed by atoms with E-state index in [1.807, 2.05) is 26.2 Å². The van der Waals surface area contributed by atoms with Gasteiger partial charge in [0.1, 0.15) is 0 Å². The first-order valence-electron chi connectivity index (χ1n) is 4.69. The van der Waals surface area contributed by atoms with Crippen LogP contribution in [0.3, 0.4) is 0 Å². The summed E-state index contributed by atoms with van der Waals surface area (Å²) in [4.78, 5) is 0. The zero-order valence-corrected chi connectivity index (χ0v) is 8.33. The van der Waals surface area contributed by atoms with Crippen LogP contribution in [-0.4, -0.2) is 22.3 Å². The van der Waals surface area contributed by atoms with Gasteiger partial charge in [-0.2, -0.15) is 0 Å². The molecule has 0 fully saturated rings. The van der Waals surface area contributed by atoms with E-state index in [0.29, 0.717) is 0 Å². The fraction of sp³-hybridized carbons (Fsp3) is 0.600. The maximum Gasteiger partial charge on any atom is 0.0524 e.